The van der Waals surface area contributed by atoms with Gasteiger partial charge in [-0.25, -0.2) is 0 Å². The zero-order valence-corrected chi connectivity index (χ0v) is 17.1. The van der Waals surface area contributed by atoms with Crippen LogP contribution in [0.25, 0.3) is 0 Å². The van der Waals surface area contributed by atoms with Crippen LogP contribution >= 0.6 is 0 Å². The molecule has 0 aliphatic carbocycles. The largest absolute Gasteiger partial charge is 0.326 e. The third-order valence-electron chi connectivity index (χ3n) is 4.81. The Balaban J connectivity index is 0.000000817. The normalized spacial score (nSPS) is 14.9. The van der Waals surface area contributed by atoms with Gasteiger partial charge in [0.2, 0.25) is 5.91 Å². The Labute approximate surface area is 165 Å². The minimum absolute atomic E-state index is 0.0528. The van der Waals surface area contributed by atoms with Crippen LogP contribution in [0.5, 0.6) is 0 Å². The van der Waals surface area contributed by atoms with Crippen LogP contribution in [0.4, 0.5) is 0 Å². The zero-order valence-electron chi connectivity index (χ0n) is 17.1. The first-order valence-corrected chi connectivity index (χ1v) is 10.3. The molecule has 1 saturated heterocycles. The van der Waals surface area contributed by atoms with E-state index in [0.717, 1.165) is 19.5 Å². The number of carbonyl (C=O) groups is 1. The predicted octanol–water partition coefficient (Wildman–Crippen LogP) is 5.29. The predicted molar refractivity (Wildman–Crippen MR) is 113 cm³/mol. The van der Waals surface area contributed by atoms with Gasteiger partial charge >= 0.3 is 0 Å². The molecule has 0 aromatic heterocycles. The Morgan fingerprint density at radius 1 is 0.963 bits per heavy atom. The van der Waals surface area contributed by atoms with Crippen LogP contribution in [0.3, 0.4) is 0 Å². The third-order valence-corrected chi connectivity index (χ3v) is 4.81. The van der Waals surface area contributed by atoms with E-state index >= 15 is 0 Å². The molecule has 3 heteroatoms. The Morgan fingerprint density at radius 3 is 2.04 bits per heavy atom. The standard InChI is InChI=1S/C21H26N2O.C3H8/c1-22(20(24)15-14-18-10-4-2-5-11-18)21(23-16-8-9-17-23)19-12-6-3-7-13-19;1-3-2/h2-7,10-13,21H,8-9,14-17H2,1H3;3H2,1-2H3/t21-;/m1./s1. The van der Waals surface area contributed by atoms with Crippen molar-refractivity contribution in [2.24, 2.45) is 0 Å². The maximum atomic E-state index is 12.8. The number of aryl methyl sites for hydroxylation is 1. The molecule has 3 nitrogen and oxygen atoms in total. The highest BCUT2D eigenvalue weighted by Gasteiger charge is 2.29. The molecule has 2 aromatic carbocycles. The number of nitrogens with zero attached hydrogens (tertiary/aromatic N) is 2. The van der Waals surface area contributed by atoms with Gasteiger partial charge in [-0.15, -0.1) is 0 Å². The summed E-state index contributed by atoms with van der Waals surface area (Å²) in [6, 6.07) is 20.6. The fourth-order valence-corrected chi connectivity index (χ4v) is 3.50. The summed E-state index contributed by atoms with van der Waals surface area (Å²) in [7, 11) is 1.95. The molecule has 0 saturated carbocycles. The molecular weight excluding hydrogens is 332 g/mol. The molecule has 0 unspecified atom stereocenters. The van der Waals surface area contributed by atoms with E-state index in [1.54, 1.807) is 0 Å². The van der Waals surface area contributed by atoms with Gasteiger partial charge in [0.15, 0.2) is 0 Å². The maximum Gasteiger partial charge on any atom is 0.224 e. The average molecular weight is 367 g/mol. The molecule has 3 rings (SSSR count). The van der Waals surface area contributed by atoms with Crippen molar-refractivity contribution in [1.82, 2.24) is 9.80 Å². The fourth-order valence-electron chi connectivity index (χ4n) is 3.50. The van der Waals surface area contributed by atoms with E-state index in [0.29, 0.717) is 6.42 Å². The van der Waals surface area contributed by atoms with Crippen molar-refractivity contribution < 1.29 is 4.79 Å². The molecule has 1 aliphatic heterocycles. The Morgan fingerprint density at radius 2 is 1.48 bits per heavy atom. The average Bonchev–Trinajstić information content (AvgIpc) is 3.23. The van der Waals surface area contributed by atoms with E-state index in [9.17, 15) is 4.79 Å². The fraction of sp³-hybridized carbons (Fsp3) is 0.458. The molecule has 0 N–H and O–H groups in total. The number of hydrogen-bond acceptors (Lipinski definition) is 2. The van der Waals surface area contributed by atoms with Crippen LogP contribution in [0.1, 0.15) is 56.8 Å². The van der Waals surface area contributed by atoms with Crippen molar-refractivity contribution in [2.45, 2.75) is 52.1 Å². The molecular formula is C24H34N2O. The zero-order chi connectivity index (χ0) is 19.5. The Hall–Kier alpha value is -2.13. The number of likely N-dealkylation sites (tertiary alicyclic amines) is 1. The summed E-state index contributed by atoms with van der Waals surface area (Å²) in [5.74, 6) is 0.208. The maximum absolute atomic E-state index is 12.8. The molecule has 0 bridgehead atoms. The Bertz CT molecular complexity index is 651. The van der Waals surface area contributed by atoms with Crippen LogP contribution in [0, 0.1) is 0 Å². The summed E-state index contributed by atoms with van der Waals surface area (Å²) in [6.07, 6.45) is 5.09. The minimum Gasteiger partial charge on any atom is -0.326 e. The molecule has 146 valence electrons. The van der Waals surface area contributed by atoms with Gasteiger partial charge in [-0.3, -0.25) is 9.69 Å². The second kappa shape index (κ2) is 11.6. The smallest absolute Gasteiger partial charge is 0.224 e. The van der Waals surface area contributed by atoms with Crippen LogP contribution in [0.2, 0.25) is 0 Å². The van der Waals surface area contributed by atoms with Gasteiger partial charge in [0.1, 0.15) is 6.17 Å². The quantitative estimate of drug-likeness (QED) is 0.693. The summed E-state index contributed by atoms with van der Waals surface area (Å²) in [5, 5.41) is 0. The van der Waals surface area contributed by atoms with Gasteiger partial charge in [-0.2, -0.15) is 0 Å². The van der Waals surface area contributed by atoms with Crippen molar-refractivity contribution in [3.63, 3.8) is 0 Å². The first-order chi connectivity index (χ1) is 13.2. The first kappa shape index (κ1) is 21.2. The topological polar surface area (TPSA) is 23.6 Å². The van der Waals surface area contributed by atoms with Crippen LogP contribution < -0.4 is 0 Å². The summed E-state index contributed by atoms with van der Waals surface area (Å²) < 4.78 is 0. The number of benzene rings is 2. The molecule has 1 amide bonds. The van der Waals surface area contributed by atoms with E-state index < -0.39 is 0 Å². The lowest BCUT2D eigenvalue weighted by molar-refractivity contribution is -0.135. The molecule has 0 spiro atoms. The Kier molecular flexibility index (Phi) is 9.06. The summed E-state index contributed by atoms with van der Waals surface area (Å²) >= 11 is 0. The number of amides is 1. The molecule has 1 heterocycles. The van der Waals surface area contributed by atoms with Gasteiger partial charge < -0.3 is 4.90 Å². The summed E-state index contributed by atoms with van der Waals surface area (Å²) in [6.45, 7) is 6.38. The minimum atomic E-state index is 0.0528. The summed E-state index contributed by atoms with van der Waals surface area (Å²) in [4.78, 5) is 17.1. The molecule has 1 aliphatic rings. The second-order valence-electron chi connectivity index (χ2n) is 7.22. The van der Waals surface area contributed by atoms with Gasteiger partial charge in [-0.05, 0) is 30.4 Å². The monoisotopic (exact) mass is 366 g/mol. The van der Waals surface area contributed by atoms with Crippen molar-refractivity contribution >= 4 is 5.91 Å². The van der Waals surface area contributed by atoms with Gasteiger partial charge in [0.25, 0.3) is 0 Å². The molecule has 0 radical (unpaired) electrons. The molecule has 1 atom stereocenters. The van der Waals surface area contributed by atoms with Crippen molar-refractivity contribution in [1.29, 1.82) is 0 Å². The second-order valence-corrected chi connectivity index (χ2v) is 7.22. The number of rotatable bonds is 6. The lowest BCUT2D eigenvalue weighted by atomic mass is 10.1. The number of carbonyl (C=O) groups excluding carboxylic acids is 1. The highest BCUT2D eigenvalue weighted by molar-refractivity contribution is 5.76. The lowest BCUT2D eigenvalue weighted by Crippen LogP contribution is -2.41. The van der Waals surface area contributed by atoms with E-state index in [-0.39, 0.29) is 12.1 Å². The van der Waals surface area contributed by atoms with Gasteiger partial charge in [-0.1, -0.05) is 80.9 Å². The molecule has 1 fully saturated rings. The van der Waals surface area contributed by atoms with Crippen LogP contribution in [-0.4, -0.2) is 35.8 Å². The SMILES string of the molecule is CCC.CN(C(=O)CCc1ccccc1)[C@@H](c1ccccc1)N1CCCC1. The van der Waals surface area contributed by atoms with Crippen molar-refractivity contribution in [3.8, 4) is 0 Å². The lowest BCUT2D eigenvalue weighted by Gasteiger charge is -2.36. The first-order valence-electron chi connectivity index (χ1n) is 10.3. The van der Waals surface area contributed by atoms with Crippen LogP contribution in [-0.2, 0) is 11.2 Å². The van der Waals surface area contributed by atoms with Gasteiger partial charge in [0.05, 0.1) is 0 Å². The van der Waals surface area contributed by atoms with Crippen LogP contribution in [0.15, 0.2) is 60.7 Å². The molecule has 27 heavy (non-hydrogen) atoms. The number of hydrogen-bond donors (Lipinski definition) is 0. The van der Waals surface area contributed by atoms with Gasteiger partial charge in [0, 0.05) is 26.6 Å². The highest BCUT2D eigenvalue weighted by Crippen LogP contribution is 2.28. The van der Waals surface area contributed by atoms with E-state index in [2.05, 4.69) is 55.1 Å². The van der Waals surface area contributed by atoms with E-state index in [1.807, 2.05) is 36.2 Å². The third kappa shape index (κ3) is 6.51. The van der Waals surface area contributed by atoms with Crippen molar-refractivity contribution in [2.75, 3.05) is 20.1 Å². The van der Waals surface area contributed by atoms with Crippen molar-refractivity contribution in [3.05, 3.63) is 71.8 Å². The molecule has 2 aromatic rings. The highest BCUT2D eigenvalue weighted by atomic mass is 16.2. The van der Waals surface area contributed by atoms with E-state index in [4.69, 9.17) is 0 Å². The summed E-state index contributed by atoms with van der Waals surface area (Å²) in [5.41, 5.74) is 2.42. The van der Waals surface area contributed by atoms with E-state index in [1.165, 1.54) is 30.4 Å².